The third kappa shape index (κ3) is 2.08. The van der Waals surface area contributed by atoms with Gasteiger partial charge in [0, 0.05) is 29.4 Å². The van der Waals surface area contributed by atoms with Gasteiger partial charge in [-0.25, -0.2) is 4.79 Å². The number of fused-ring (bicyclic) bond motifs is 5. The smallest absolute Gasteiger partial charge is 0.344 e. The largest absolute Gasteiger partial charge is 0.422 e. The van der Waals surface area contributed by atoms with Crippen molar-refractivity contribution in [2.75, 3.05) is 11.9 Å². The molecular weight excluding hydrogens is 326 g/mol. The van der Waals surface area contributed by atoms with Gasteiger partial charge in [-0.2, -0.15) is 0 Å². The summed E-state index contributed by atoms with van der Waals surface area (Å²) in [5.74, 6) is -0.160. The monoisotopic (exact) mass is 351 g/mol. The lowest BCUT2D eigenvalue weighted by atomic mass is 9.76. The third-order valence-electron chi connectivity index (χ3n) is 6.39. The van der Waals surface area contributed by atoms with Crippen LogP contribution in [0, 0.1) is 13.8 Å². The first-order valence-corrected chi connectivity index (χ1v) is 9.07. The molecule has 2 atom stereocenters. The number of rotatable bonds is 0. The zero-order valence-corrected chi connectivity index (χ0v) is 16.2. The second-order valence-electron chi connectivity index (χ2n) is 8.19. The van der Waals surface area contributed by atoms with Gasteiger partial charge in [0.15, 0.2) is 0 Å². The van der Waals surface area contributed by atoms with Crippen molar-refractivity contribution in [3.8, 4) is 0 Å². The van der Waals surface area contributed by atoms with E-state index in [0.29, 0.717) is 11.0 Å². The predicted octanol–water partition coefficient (Wildman–Crippen LogP) is 4.26. The summed E-state index contributed by atoms with van der Waals surface area (Å²) in [6.45, 7) is 10.1. The Labute approximate surface area is 153 Å². The van der Waals surface area contributed by atoms with Crippen LogP contribution in [0.5, 0.6) is 0 Å². The summed E-state index contributed by atoms with van der Waals surface area (Å²) in [7, 11) is 1.97. The highest BCUT2D eigenvalue weighted by Crippen LogP contribution is 2.45. The van der Waals surface area contributed by atoms with Crippen molar-refractivity contribution in [3.05, 3.63) is 51.4 Å². The van der Waals surface area contributed by atoms with Crippen LogP contribution < -0.4 is 10.5 Å². The number of benzene rings is 2. The van der Waals surface area contributed by atoms with Crippen LogP contribution in [-0.2, 0) is 0 Å². The Balaban J connectivity index is 2.17. The van der Waals surface area contributed by atoms with Crippen molar-refractivity contribution in [1.82, 2.24) is 0 Å². The maximum Gasteiger partial charge on any atom is 0.344 e. The summed E-state index contributed by atoms with van der Waals surface area (Å²) < 4.78 is 5.69. The van der Waals surface area contributed by atoms with E-state index in [1.807, 2.05) is 46.9 Å². The van der Waals surface area contributed by atoms with Crippen LogP contribution in [0.3, 0.4) is 0 Å². The molecule has 0 radical (unpaired) electrons. The SMILES string of the molecule is Cc1cc2oc(=O)c3c4c(ccc3c2cc1C)N(C)C(C)(C)C(O)C4C. The van der Waals surface area contributed by atoms with Gasteiger partial charge in [-0.05, 0) is 62.6 Å². The van der Waals surface area contributed by atoms with E-state index < -0.39 is 11.6 Å². The summed E-state index contributed by atoms with van der Waals surface area (Å²) in [6.07, 6.45) is -0.583. The van der Waals surface area contributed by atoms with Crippen LogP contribution in [0.25, 0.3) is 21.7 Å². The Bertz CT molecular complexity index is 1110. The Hall–Kier alpha value is -2.33. The van der Waals surface area contributed by atoms with E-state index in [-0.39, 0.29) is 11.5 Å². The van der Waals surface area contributed by atoms with Gasteiger partial charge in [0.05, 0.1) is 17.0 Å². The highest BCUT2D eigenvalue weighted by atomic mass is 16.4. The molecule has 4 heteroatoms. The van der Waals surface area contributed by atoms with Crippen molar-refractivity contribution in [2.24, 2.45) is 0 Å². The molecule has 0 saturated heterocycles. The van der Waals surface area contributed by atoms with Gasteiger partial charge in [0.25, 0.3) is 0 Å². The lowest BCUT2D eigenvalue weighted by molar-refractivity contribution is 0.0729. The molecular formula is C22H25NO3. The standard InChI is InChI=1S/C22H25NO3/c1-11-9-15-14-7-8-16-18(13(3)20(24)22(4,5)23(16)6)19(14)21(25)26-17(15)10-12(11)2/h7-10,13,20,24H,1-6H3. The van der Waals surface area contributed by atoms with Crippen molar-refractivity contribution in [3.63, 3.8) is 0 Å². The molecule has 0 amide bonds. The summed E-state index contributed by atoms with van der Waals surface area (Å²) in [6, 6.07) is 8.09. The summed E-state index contributed by atoms with van der Waals surface area (Å²) in [5, 5.41) is 13.3. The number of hydrogen-bond acceptors (Lipinski definition) is 4. The molecule has 1 aliphatic heterocycles. The molecule has 3 aromatic rings. The van der Waals surface area contributed by atoms with Crippen molar-refractivity contribution < 1.29 is 9.52 Å². The highest BCUT2D eigenvalue weighted by molar-refractivity contribution is 6.07. The van der Waals surface area contributed by atoms with Gasteiger partial charge in [-0.1, -0.05) is 13.0 Å². The normalized spacial score (nSPS) is 22.0. The highest BCUT2D eigenvalue weighted by Gasteiger charge is 2.43. The first-order chi connectivity index (χ1) is 12.1. The fourth-order valence-electron chi connectivity index (χ4n) is 4.32. The van der Waals surface area contributed by atoms with Crippen molar-refractivity contribution in [1.29, 1.82) is 0 Å². The molecule has 2 unspecified atom stereocenters. The van der Waals surface area contributed by atoms with Crippen molar-refractivity contribution in [2.45, 2.75) is 52.2 Å². The zero-order chi connectivity index (χ0) is 19.0. The van der Waals surface area contributed by atoms with Crippen LogP contribution in [0.4, 0.5) is 5.69 Å². The molecule has 0 saturated carbocycles. The number of anilines is 1. The molecule has 1 aromatic heterocycles. The number of aliphatic hydroxyl groups excluding tert-OH is 1. The molecule has 136 valence electrons. The van der Waals surface area contributed by atoms with E-state index in [0.717, 1.165) is 33.2 Å². The van der Waals surface area contributed by atoms with Gasteiger partial charge in [-0.3, -0.25) is 0 Å². The molecule has 2 heterocycles. The predicted molar refractivity (Wildman–Crippen MR) is 106 cm³/mol. The molecule has 1 N–H and O–H groups in total. The van der Waals surface area contributed by atoms with E-state index >= 15 is 0 Å². The van der Waals surface area contributed by atoms with E-state index in [4.69, 9.17) is 4.42 Å². The van der Waals surface area contributed by atoms with Crippen LogP contribution in [0.15, 0.2) is 33.5 Å². The second-order valence-corrected chi connectivity index (χ2v) is 8.19. The van der Waals surface area contributed by atoms with Crippen molar-refractivity contribution >= 4 is 27.4 Å². The van der Waals surface area contributed by atoms with Crippen LogP contribution in [-0.4, -0.2) is 23.8 Å². The summed E-state index contributed by atoms with van der Waals surface area (Å²) >= 11 is 0. The molecule has 0 fully saturated rings. The number of aliphatic hydroxyl groups is 1. The molecule has 2 aromatic carbocycles. The number of nitrogens with zero attached hydrogens (tertiary/aromatic N) is 1. The van der Waals surface area contributed by atoms with Gasteiger partial charge in [0.1, 0.15) is 5.58 Å². The topological polar surface area (TPSA) is 53.7 Å². The van der Waals surface area contributed by atoms with Gasteiger partial charge >= 0.3 is 5.63 Å². The number of aryl methyl sites for hydroxylation is 2. The number of hydrogen-bond donors (Lipinski definition) is 1. The lowest BCUT2D eigenvalue weighted by Gasteiger charge is -2.49. The minimum absolute atomic E-state index is 0.160. The van der Waals surface area contributed by atoms with Crippen LogP contribution in [0.2, 0.25) is 0 Å². The quantitative estimate of drug-likeness (QED) is 0.486. The lowest BCUT2D eigenvalue weighted by Crippen LogP contribution is -2.56. The Kier molecular flexibility index (Phi) is 3.51. The summed E-state index contributed by atoms with van der Waals surface area (Å²) in [5.41, 5.74) is 4.00. The van der Waals surface area contributed by atoms with Gasteiger partial charge < -0.3 is 14.4 Å². The molecule has 26 heavy (non-hydrogen) atoms. The average Bonchev–Trinajstić information content (AvgIpc) is 2.59. The zero-order valence-electron chi connectivity index (χ0n) is 16.2. The molecule has 1 aliphatic rings. The van der Waals surface area contributed by atoms with Crippen LogP contribution >= 0.6 is 0 Å². The second kappa shape index (κ2) is 5.34. The Morgan fingerprint density at radius 2 is 1.77 bits per heavy atom. The minimum atomic E-state index is -0.583. The first kappa shape index (κ1) is 17.1. The fourth-order valence-corrected chi connectivity index (χ4v) is 4.32. The minimum Gasteiger partial charge on any atom is -0.422 e. The third-order valence-corrected chi connectivity index (χ3v) is 6.39. The first-order valence-electron chi connectivity index (χ1n) is 9.07. The molecule has 4 rings (SSSR count). The average molecular weight is 351 g/mol. The van der Waals surface area contributed by atoms with E-state index in [1.165, 1.54) is 0 Å². The Morgan fingerprint density at radius 3 is 2.46 bits per heavy atom. The number of likely N-dealkylation sites (N-methyl/N-ethyl adjacent to an activating group) is 1. The summed E-state index contributed by atoms with van der Waals surface area (Å²) in [4.78, 5) is 15.0. The van der Waals surface area contributed by atoms with E-state index in [2.05, 4.69) is 24.0 Å². The van der Waals surface area contributed by atoms with E-state index in [9.17, 15) is 9.90 Å². The fraction of sp³-hybridized carbons (Fsp3) is 0.409. The Morgan fingerprint density at radius 1 is 1.12 bits per heavy atom. The maximum absolute atomic E-state index is 12.9. The molecule has 0 spiro atoms. The van der Waals surface area contributed by atoms with Gasteiger partial charge in [0.2, 0.25) is 0 Å². The van der Waals surface area contributed by atoms with Crippen LogP contribution in [0.1, 0.15) is 43.4 Å². The maximum atomic E-state index is 12.9. The molecule has 4 nitrogen and oxygen atoms in total. The van der Waals surface area contributed by atoms with E-state index in [1.54, 1.807) is 0 Å². The molecule has 0 bridgehead atoms. The molecule has 0 aliphatic carbocycles. The van der Waals surface area contributed by atoms with Gasteiger partial charge in [-0.15, -0.1) is 0 Å².